The molecule has 0 radical (unpaired) electrons. The molecule has 1 fully saturated rings. The predicted octanol–water partition coefficient (Wildman–Crippen LogP) is 1.16. The number of benzene rings is 1. The molecular weight excluding hydrogens is 400 g/mol. The van der Waals surface area contributed by atoms with E-state index in [0.29, 0.717) is 37.4 Å². The van der Waals surface area contributed by atoms with Gasteiger partial charge in [-0.2, -0.15) is 5.10 Å². The monoisotopic (exact) mass is 430 g/mol. The second-order valence-corrected chi connectivity index (χ2v) is 7.26. The van der Waals surface area contributed by atoms with Crippen LogP contribution in [0.1, 0.15) is 12.8 Å². The molecule has 9 heteroatoms. The van der Waals surface area contributed by atoms with E-state index in [0.717, 1.165) is 44.2 Å². The van der Waals surface area contributed by atoms with Gasteiger partial charge in [0.15, 0.2) is 5.75 Å². The fourth-order valence-corrected chi connectivity index (χ4v) is 3.39. The van der Waals surface area contributed by atoms with E-state index < -0.39 is 0 Å². The standard InChI is InChI=1S/C22H30N4O5/c1-29-18-7-5-17(6-8-18)22-19(30-2)16-21(28)26(24-22)10-3-4-20(27)23-9-11-25-12-14-31-15-13-25/h5-8,16H,3-4,9-15H2,1-2H3,(H,23,27). The maximum Gasteiger partial charge on any atom is 0.270 e. The molecule has 0 atom stereocenters. The normalized spacial score (nSPS) is 14.3. The molecule has 1 aliphatic rings. The van der Waals surface area contributed by atoms with Gasteiger partial charge in [0.1, 0.15) is 11.4 Å². The van der Waals surface area contributed by atoms with E-state index in [1.54, 1.807) is 7.11 Å². The number of aromatic nitrogens is 2. The number of nitrogens with one attached hydrogen (secondary N) is 1. The van der Waals surface area contributed by atoms with Crippen LogP contribution in [0.4, 0.5) is 0 Å². The first-order valence-corrected chi connectivity index (χ1v) is 10.5. The molecule has 0 saturated carbocycles. The van der Waals surface area contributed by atoms with Crippen LogP contribution in [0.2, 0.25) is 0 Å². The van der Waals surface area contributed by atoms with Crippen molar-refractivity contribution in [3.8, 4) is 22.8 Å². The fraction of sp³-hybridized carbons (Fsp3) is 0.500. The summed E-state index contributed by atoms with van der Waals surface area (Å²) < 4.78 is 17.2. The lowest BCUT2D eigenvalue weighted by Gasteiger charge is -2.26. The summed E-state index contributed by atoms with van der Waals surface area (Å²) in [7, 11) is 3.11. The minimum Gasteiger partial charge on any atom is -0.497 e. The summed E-state index contributed by atoms with van der Waals surface area (Å²) in [5.41, 5.74) is 1.12. The van der Waals surface area contributed by atoms with Crippen molar-refractivity contribution in [2.45, 2.75) is 19.4 Å². The van der Waals surface area contributed by atoms with Crippen molar-refractivity contribution in [2.24, 2.45) is 0 Å². The Balaban J connectivity index is 1.54. The minimum atomic E-state index is -0.262. The van der Waals surface area contributed by atoms with Gasteiger partial charge in [0.2, 0.25) is 5.91 Å². The van der Waals surface area contributed by atoms with Crippen LogP contribution in [0.3, 0.4) is 0 Å². The van der Waals surface area contributed by atoms with Crippen molar-refractivity contribution in [2.75, 3.05) is 53.6 Å². The summed E-state index contributed by atoms with van der Waals surface area (Å²) in [5.74, 6) is 1.12. The molecule has 0 bridgehead atoms. The van der Waals surface area contributed by atoms with Crippen molar-refractivity contribution in [3.05, 3.63) is 40.7 Å². The lowest BCUT2D eigenvalue weighted by atomic mass is 10.1. The molecular formula is C22H30N4O5. The summed E-state index contributed by atoms with van der Waals surface area (Å²) in [4.78, 5) is 26.8. The highest BCUT2D eigenvalue weighted by Crippen LogP contribution is 2.27. The largest absolute Gasteiger partial charge is 0.497 e. The second-order valence-electron chi connectivity index (χ2n) is 7.26. The van der Waals surface area contributed by atoms with Crippen LogP contribution < -0.4 is 20.3 Å². The minimum absolute atomic E-state index is 0.0230. The van der Waals surface area contributed by atoms with Gasteiger partial charge in [0.25, 0.3) is 5.56 Å². The molecule has 0 unspecified atom stereocenters. The lowest BCUT2D eigenvalue weighted by molar-refractivity contribution is -0.121. The molecule has 3 rings (SSSR count). The number of aryl methyl sites for hydroxylation is 1. The van der Waals surface area contributed by atoms with Crippen LogP contribution in [-0.2, 0) is 16.1 Å². The van der Waals surface area contributed by atoms with E-state index >= 15 is 0 Å². The highest BCUT2D eigenvalue weighted by Gasteiger charge is 2.13. The Kier molecular flexibility index (Phi) is 8.43. The lowest BCUT2D eigenvalue weighted by Crippen LogP contribution is -2.41. The fourth-order valence-electron chi connectivity index (χ4n) is 3.39. The molecule has 31 heavy (non-hydrogen) atoms. The van der Waals surface area contributed by atoms with Gasteiger partial charge in [-0.05, 0) is 30.7 Å². The third-order valence-corrected chi connectivity index (χ3v) is 5.17. The van der Waals surface area contributed by atoms with Crippen molar-refractivity contribution < 1.29 is 19.0 Å². The van der Waals surface area contributed by atoms with Crippen LogP contribution in [0.25, 0.3) is 11.3 Å². The summed E-state index contributed by atoms with van der Waals surface area (Å²) in [6.07, 6.45) is 0.853. The Morgan fingerprint density at radius 2 is 1.87 bits per heavy atom. The molecule has 1 saturated heterocycles. The maximum atomic E-state index is 12.4. The van der Waals surface area contributed by atoms with Crippen molar-refractivity contribution >= 4 is 5.91 Å². The molecule has 9 nitrogen and oxygen atoms in total. The molecule has 2 aromatic rings. The Bertz CT molecular complexity index is 907. The average molecular weight is 431 g/mol. The Labute approximate surface area is 181 Å². The molecule has 168 valence electrons. The third-order valence-electron chi connectivity index (χ3n) is 5.17. The Hall–Kier alpha value is -2.91. The zero-order chi connectivity index (χ0) is 22.1. The summed E-state index contributed by atoms with van der Waals surface area (Å²) in [6.45, 7) is 5.08. The predicted molar refractivity (Wildman–Crippen MR) is 117 cm³/mol. The summed E-state index contributed by atoms with van der Waals surface area (Å²) in [5, 5.41) is 7.41. The number of morpholine rings is 1. The van der Waals surface area contributed by atoms with E-state index in [1.807, 2.05) is 24.3 Å². The van der Waals surface area contributed by atoms with Crippen LogP contribution in [-0.4, -0.2) is 74.2 Å². The summed E-state index contributed by atoms with van der Waals surface area (Å²) >= 11 is 0. The van der Waals surface area contributed by atoms with E-state index in [9.17, 15) is 9.59 Å². The molecule has 1 aromatic carbocycles. The zero-order valence-corrected chi connectivity index (χ0v) is 18.1. The first-order valence-electron chi connectivity index (χ1n) is 10.5. The molecule has 0 aliphatic carbocycles. The van der Waals surface area contributed by atoms with Gasteiger partial charge >= 0.3 is 0 Å². The van der Waals surface area contributed by atoms with E-state index in [-0.39, 0.29) is 11.5 Å². The highest BCUT2D eigenvalue weighted by atomic mass is 16.5. The molecule has 1 N–H and O–H groups in total. The quantitative estimate of drug-likeness (QED) is 0.604. The molecule has 1 aliphatic heterocycles. The van der Waals surface area contributed by atoms with Crippen molar-refractivity contribution in [1.29, 1.82) is 0 Å². The number of rotatable bonds is 10. The number of amides is 1. The number of hydrogen-bond acceptors (Lipinski definition) is 7. The number of hydrogen-bond donors (Lipinski definition) is 1. The SMILES string of the molecule is COc1ccc(-c2nn(CCCC(=O)NCCN3CCOCC3)c(=O)cc2OC)cc1. The van der Waals surface area contributed by atoms with Crippen molar-refractivity contribution in [1.82, 2.24) is 20.0 Å². The number of carbonyl (C=O) groups excluding carboxylic acids is 1. The Morgan fingerprint density at radius 1 is 1.13 bits per heavy atom. The summed E-state index contributed by atoms with van der Waals surface area (Å²) in [6, 6.07) is 8.80. The number of carbonyl (C=O) groups is 1. The van der Waals surface area contributed by atoms with Gasteiger partial charge in [-0.15, -0.1) is 0 Å². The Morgan fingerprint density at radius 3 is 2.55 bits per heavy atom. The van der Waals surface area contributed by atoms with E-state index in [1.165, 1.54) is 17.9 Å². The van der Waals surface area contributed by atoms with Crippen LogP contribution in [0.15, 0.2) is 35.1 Å². The zero-order valence-electron chi connectivity index (χ0n) is 18.1. The molecule has 1 aromatic heterocycles. The first kappa shape index (κ1) is 22.8. The van der Waals surface area contributed by atoms with Gasteiger partial charge in [0, 0.05) is 50.8 Å². The van der Waals surface area contributed by atoms with Crippen LogP contribution >= 0.6 is 0 Å². The number of methoxy groups -OCH3 is 2. The molecule has 1 amide bonds. The van der Waals surface area contributed by atoms with Gasteiger partial charge in [-0.3, -0.25) is 14.5 Å². The molecule has 2 heterocycles. The highest BCUT2D eigenvalue weighted by molar-refractivity contribution is 5.75. The topological polar surface area (TPSA) is 94.9 Å². The number of nitrogens with zero attached hydrogens (tertiary/aromatic N) is 3. The third kappa shape index (κ3) is 6.53. The van der Waals surface area contributed by atoms with E-state index in [4.69, 9.17) is 14.2 Å². The van der Waals surface area contributed by atoms with Gasteiger partial charge in [-0.1, -0.05) is 0 Å². The first-order chi connectivity index (χ1) is 15.1. The van der Waals surface area contributed by atoms with Gasteiger partial charge in [0.05, 0.1) is 27.4 Å². The van der Waals surface area contributed by atoms with E-state index in [2.05, 4.69) is 15.3 Å². The van der Waals surface area contributed by atoms with Gasteiger partial charge < -0.3 is 19.5 Å². The number of ether oxygens (including phenoxy) is 3. The van der Waals surface area contributed by atoms with Gasteiger partial charge in [-0.25, -0.2) is 4.68 Å². The van der Waals surface area contributed by atoms with Crippen LogP contribution in [0, 0.1) is 0 Å². The smallest absolute Gasteiger partial charge is 0.270 e. The maximum absolute atomic E-state index is 12.4. The molecule has 0 spiro atoms. The average Bonchev–Trinajstić information content (AvgIpc) is 2.80. The van der Waals surface area contributed by atoms with Crippen LogP contribution in [0.5, 0.6) is 11.5 Å². The van der Waals surface area contributed by atoms with Crippen molar-refractivity contribution in [3.63, 3.8) is 0 Å². The second kappa shape index (κ2) is 11.5.